The minimum absolute atomic E-state index is 0.241. The van der Waals surface area contributed by atoms with Crippen molar-refractivity contribution in [2.24, 2.45) is 0 Å². The maximum Gasteiger partial charge on any atom is 0.401 e. The number of carbonyl (C=O) groups excluding carboxylic acids is 1. The molecule has 1 aromatic heterocycles. The molecule has 0 fully saturated rings. The molecule has 0 saturated carbocycles. The van der Waals surface area contributed by atoms with E-state index in [0.717, 1.165) is 16.2 Å². The number of hydrogen-bond donors (Lipinski definition) is 2. The fraction of sp³-hybridized carbons (Fsp3) is 0.636. The summed E-state index contributed by atoms with van der Waals surface area (Å²) in [6.07, 6.45) is -2.75. The number of likely N-dealkylation sites (N-methyl/N-ethyl adjacent to an activating group) is 1. The maximum atomic E-state index is 12.2. The Morgan fingerprint density at radius 2 is 2.21 bits per heavy atom. The number of hydrogen-bond acceptors (Lipinski definition) is 3. The first-order valence-corrected chi connectivity index (χ1v) is 5.74. The maximum absolute atomic E-state index is 12.2. The number of alkyl halides is 3. The van der Waals surface area contributed by atoms with E-state index in [-0.39, 0.29) is 6.54 Å². The second kappa shape index (κ2) is 6.05. The van der Waals surface area contributed by atoms with Gasteiger partial charge in [-0.1, -0.05) is 0 Å². The summed E-state index contributed by atoms with van der Waals surface area (Å²) in [6.45, 7) is 2.36. The molecule has 0 aliphatic rings. The van der Waals surface area contributed by atoms with E-state index >= 15 is 0 Å². The molecule has 108 valence electrons. The van der Waals surface area contributed by atoms with Crippen LogP contribution < -0.4 is 5.32 Å². The molecule has 2 N–H and O–H groups in total. The van der Waals surface area contributed by atoms with E-state index < -0.39 is 24.7 Å². The molecular weight excluding hydrogens is 261 g/mol. The molecular formula is C11H17F3N4O. The highest BCUT2D eigenvalue weighted by molar-refractivity contribution is 5.81. The van der Waals surface area contributed by atoms with Gasteiger partial charge in [0.1, 0.15) is 0 Å². The molecule has 0 radical (unpaired) electrons. The van der Waals surface area contributed by atoms with E-state index in [4.69, 9.17) is 0 Å². The molecule has 0 spiro atoms. The van der Waals surface area contributed by atoms with Gasteiger partial charge in [-0.2, -0.15) is 18.3 Å². The molecule has 8 heteroatoms. The molecule has 1 atom stereocenters. The number of amides is 1. The van der Waals surface area contributed by atoms with Gasteiger partial charge in [0.15, 0.2) is 0 Å². The van der Waals surface area contributed by atoms with Gasteiger partial charge in [-0.25, -0.2) is 0 Å². The molecule has 19 heavy (non-hydrogen) atoms. The third-order valence-corrected chi connectivity index (χ3v) is 2.86. The van der Waals surface area contributed by atoms with Crippen molar-refractivity contribution in [2.45, 2.75) is 32.6 Å². The normalized spacial score (nSPS) is 13.6. The van der Waals surface area contributed by atoms with E-state index in [2.05, 4.69) is 15.5 Å². The molecule has 0 aliphatic heterocycles. The predicted molar refractivity (Wildman–Crippen MR) is 63.3 cm³/mol. The molecule has 5 nitrogen and oxygen atoms in total. The van der Waals surface area contributed by atoms with Crippen LogP contribution in [0, 0.1) is 6.92 Å². The Balaban J connectivity index is 2.47. The average Bonchev–Trinajstić information content (AvgIpc) is 2.68. The van der Waals surface area contributed by atoms with Crippen molar-refractivity contribution in [3.63, 3.8) is 0 Å². The first-order chi connectivity index (χ1) is 8.70. The van der Waals surface area contributed by atoms with Crippen molar-refractivity contribution < 1.29 is 18.0 Å². The van der Waals surface area contributed by atoms with E-state index in [9.17, 15) is 18.0 Å². The zero-order valence-corrected chi connectivity index (χ0v) is 11.0. The summed E-state index contributed by atoms with van der Waals surface area (Å²) in [5, 5.41) is 9.09. The molecule has 1 heterocycles. The monoisotopic (exact) mass is 278 g/mol. The van der Waals surface area contributed by atoms with Crippen LogP contribution >= 0.6 is 0 Å². The Labute approximate surface area is 109 Å². The molecule has 1 amide bonds. The largest absolute Gasteiger partial charge is 0.401 e. The van der Waals surface area contributed by atoms with E-state index in [1.54, 1.807) is 13.1 Å². The summed E-state index contributed by atoms with van der Waals surface area (Å²) in [6, 6.07) is -0.853. The molecule has 1 aromatic rings. The van der Waals surface area contributed by atoms with E-state index in [1.165, 1.54) is 14.0 Å². The molecule has 1 rings (SSSR count). The van der Waals surface area contributed by atoms with Crippen LogP contribution in [0.1, 0.15) is 18.2 Å². The van der Waals surface area contributed by atoms with Gasteiger partial charge < -0.3 is 5.32 Å². The van der Waals surface area contributed by atoms with Crippen LogP contribution in [0.5, 0.6) is 0 Å². The lowest BCUT2D eigenvalue weighted by molar-refractivity contribution is -0.151. The van der Waals surface area contributed by atoms with Crippen molar-refractivity contribution in [1.29, 1.82) is 0 Å². The molecule has 0 saturated heterocycles. The van der Waals surface area contributed by atoms with Crippen LogP contribution in [0.3, 0.4) is 0 Å². The van der Waals surface area contributed by atoms with Gasteiger partial charge in [0.2, 0.25) is 5.91 Å². The fourth-order valence-corrected chi connectivity index (χ4v) is 1.50. The Hall–Kier alpha value is -1.57. The third kappa shape index (κ3) is 4.90. The highest BCUT2D eigenvalue weighted by Gasteiger charge is 2.32. The van der Waals surface area contributed by atoms with Crippen LogP contribution in [0.2, 0.25) is 0 Å². The summed E-state index contributed by atoms with van der Waals surface area (Å²) in [7, 11) is 1.26. The van der Waals surface area contributed by atoms with Gasteiger partial charge in [-0.05, 0) is 20.9 Å². The van der Waals surface area contributed by atoms with Crippen LogP contribution in [0.15, 0.2) is 6.20 Å². The second-order valence-corrected chi connectivity index (χ2v) is 4.44. The third-order valence-electron chi connectivity index (χ3n) is 2.86. The van der Waals surface area contributed by atoms with Crippen LogP contribution in [0.25, 0.3) is 0 Å². The quantitative estimate of drug-likeness (QED) is 0.851. The number of nitrogens with one attached hydrogen (secondary N) is 2. The molecule has 0 bridgehead atoms. The zero-order chi connectivity index (χ0) is 14.6. The predicted octanol–water partition coefficient (Wildman–Crippen LogP) is 1.22. The minimum atomic E-state index is -4.32. The van der Waals surface area contributed by atoms with Crippen molar-refractivity contribution >= 4 is 5.91 Å². The van der Waals surface area contributed by atoms with Gasteiger partial charge in [0.05, 0.1) is 18.8 Å². The topological polar surface area (TPSA) is 61.0 Å². The van der Waals surface area contributed by atoms with Crippen LogP contribution in [-0.2, 0) is 11.3 Å². The number of halogens is 3. The van der Waals surface area contributed by atoms with Crippen molar-refractivity contribution in [2.75, 3.05) is 13.6 Å². The number of carbonyl (C=O) groups is 1. The number of aromatic amines is 1. The summed E-state index contributed by atoms with van der Waals surface area (Å²) >= 11 is 0. The fourth-order valence-electron chi connectivity index (χ4n) is 1.50. The van der Waals surface area contributed by atoms with Crippen molar-refractivity contribution in [1.82, 2.24) is 20.4 Å². The highest BCUT2D eigenvalue weighted by Crippen LogP contribution is 2.16. The van der Waals surface area contributed by atoms with Gasteiger partial charge in [0, 0.05) is 17.8 Å². The number of nitrogens with zero attached hydrogens (tertiary/aromatic N) is 2. The lowest BCUT2D eigenvalue weighted by atomic mass is 10.2. The SMILES string of the molecule is Cc1[nH]ncc1CNC(=O)[C@H](C)N(C)CC(F)(F)F. The summed E-state index contributed by atoms with van der Waals surface area (Å²) in [5.41, 5.74) is 1.62. The minimum Gasteiger partial charge on any atom is -0.351 e. The Bertz CT molecular complexity index is 430. The smallest absolute Gasteiger partial charge is 0.351 e. The van der Waals surface area contributed by atoms with Crippen LogP contribution in [-0.4, -0.2) is 46.8 Å². The Kier molecular flexibility index (Phi) is 4.93. The lowest BCUT2D eigenvalue weighted by Crippen LogP contribution is -2.46. The molecule has 0 unspecified atom stereocenters. The standard InChI is InChI=1S/C11H17F3N4O/c1-7-9(5-16-17-7)4-15-10(19)8(2)18(3)6-11(12,13)14/h5,8H,4,6H2,1-3H3,(H,15,19)(H,16,17)/t8-/m0/s1. The Morgan fingerprint density at radius 1 is 1.58 bits per heavy atom. The first-order valence-electron chi connectivity index (χ1n) is 5.74. The lowest BCUT2D eigenvalue weighted by Gasteiger charge is -2.24. The number of aromatic nitrogens is 2. The second-order valence-electron chi connectivity index (χ2n) is 4.44. The van der Waals surface area contributed by atoms with Gasteiger partial charge in [-0.15, -0.1) is 0 Å². The van der Waals surface area contributed by atoms with E-state index in [0.29, 0.717) is 0 Å². The highest BCUT2D eigenvalue weighted by atomic mass is 19.4. The van der Waals surface area contributed by atoms with Crippen LogP contribution in [0.4, 0.5) is 13.2 Å². The van der Waals surface area contributed by atoms with Crippen molar-refractivity contribution in [3.05, 3.63) is 17.5 Å². The van der Waals surface area contributed by atoms with Gasteiger partial charge >= 0.3 is 6.18 Å². The summed E-state index contributed by atoms with van der Waals surface area (Å²) < 4.78 is 36.6. The zero-order valence-electron chi connectivity index (χ0n) is 11.0. The number of H-pyrrole nitrogens is 1. The van der Waals surface area contributed by atoms with Crippen molar-refractivity contribution in [3.8, 4) is 0 Å². The summed E-state index contributed by atoms with van der Waals surface area (Å²) in [5.74, 6) is -0.452. The molecule has 0 aromatic carbocycles. The number of aryl methyl sites for hydroxylation is 1. The van der Waals surface area contributed by atoms with E-state index in [1.807, 2.05) is 0 Å². The summed E-state index contributed by atoms with van der Waals surface area (Å²) in [4.78, 5) is 12.7. The average molecular weight is 278 g/mol. The van der Waals surface area contributed by atoms with Gasteiger partial charge in [0.25, 0.3) is 0 Å². The van der Waals surface area contributed by atoms with Gasteiger partial charge in [-0.3, -0.25) is 14.8 Å². The molecule has 0 aliphatic carbocycles. The first kappa shape index (κ1) is 15.5. The number of rotatable bonds is 5. The Morgan fingerprint density at radius 3 is 2.68 bits per heavy atom.